The van der Waals surface area contributed by atoms with E-state index in [1.165, 1.54) is 12.5 Å². The van der Waals surface area contributed by atoms with Crippen molar-refractivity contribution >= 4 is 34.6 Å². The van der Waals surface area contributed by atoms with Crippen LogP contribution in [0.2, 0.25) is 0 Å². The van der Waals surface area contributed by atoms with Crippen molar-refractivity contribution in [2.75, 3.05) is 10.2 Å². The average Bonchev–Trinajstić information content (AvgIpc) is 3.35. The molecule has 2 aromatic heterocycles. The number of hydrogen-bond donors (Lipinski definition) is 2. The lowest BCUT2D eigenvalue weighted by Gasteiger charge is -2.28. The summed E-state index contributed by atoms with van der Waals surface area (Å²) < 4.78 is 2.28. The third-order valence-corrected chi connectivity index (χ3v) is 6.68. The van der Waals surface area contributed by atoms with E-state index in [0.717, 1.165) is 34.1 Å². The third kappa shape index (κ3) is 4.31. The largest absolute Gasteiger partial charge is 0.351 e. The molecule has 1 aliphatic heterocycles. The van der Waals surface area contributed by atoms with Crippen molar-refractivity contribution in [3.63, 3.8) is 0 Å². The van der Waals surface area contributed by atoms with Crippen LogP contribution in [0.15, 0.2) is 85.1 Å². The lowest BCUT2D eigenvalue weighted by Crippen LogP contribution is -2.29. The Morgan fingerprint density at radius 2 is 1.69 bits per heavy atom. The molecule has 0 saturated carbocycles. The van der Waals surface area contributed by atoms with Crippen molar-refractivity contribution < 1.29 is 4.79 Å². The number of aromatic nitrogens is 2. The van der Waals surface area contributed by atoms with Crippen LogP contribution in [0.5, 0.6) is 0 Å². The fraction of sp³-hybridized carbons (Fsp3) is 0.179. The SMILES string of the molecule is CC(=O)Nc1ccc(N2C(=S)N[C@H](c3ccccn3)[C@H]2c2cc(C)n(-c3ccccc3)c2C)cc1. The third-order valence-electron chi connectivity index (χ3n) is 6.37. The zero-order valence-corrected chi connectivity index (χ0v) is 20.7. The van der Waals surface area contributed by atoms with E-state index in [9.17, 15) is 4.79 Å². The van der Waals surface area contributed by atoms with Gasteiger partial charge in [0.2, 0.25) is 5.91 Å². The Bertz CT molecular complexity index is 1370. The molecule has 35 heavy (non-hydrogen) atoms. The quantitative estimate of drug-likeness (QED) is 0.362. The first-order valence-electron chi connectivity index (χ1n) is 11.6. The summed E-state index contributed by atoms with van der Waals surface area (Å²) in [4.78, 5) is 18.3. The predicted octanol–water partition coefficient (Wildman–Crippen LogP) is 5.62. The van der Waals surface area contributed by atoms with Crippen molar-refractivity contribution in [2.45, 2.75) is 32.9 Å². The van der Waals surface area contributed by atoms with Crippen LogP contribution in [0.3, 0.4) is 0 Å². The zero-order chi connectivity index (χ0) is 24.5. The van der Waals surface area contributed by atoms with Crippen LogP contribution in [-0.2, 0) is 4.79 Å². The van der Waals surface area contributed by atoms with Crippen LogP contribution in [0.25, 0.3) is 5.69 Å². The molecule has 176 valence electrons. The van der Waals surface area contributed by atoms with E-state index >= 15 is 0 Å². The van der Waals surface area contributed by atoms with Crippen molar-refractivity contribution in [2.24, 2.45) is 0 Å². The van der Waals surface area contributed by atoms with E-state index < -0.39 is 0 Å². The van der Waals surface area contributed by atoms with E-state index in [0.29, 0.717) is 5.11 Å². The van der Waals surface area contributed by atoms with Gasteiger partial charge in [0.05, 0.1) is 17.8 Å². The highest BCUT2D eigenvalue weighted by Crippen LogP contribution is 2.43. The number of carbonyl (C=O) groups excluding carboxylic acids is 1. The first-order valence-corrected chi connectivity index (χ1v) is 12.0. The first kappa shape index (κ1) is 22.8. The van der Waals surface area contributed by atoms with Gasteiger partial charge in [0.25, 0.3) is 0 Å². The number of aryl methyl sites for hydroxylation is 1. The smallest absolute Gasteiger partial charge is 0.221 e. The van der Waals surface area contributed by atoms with Crippen molar-refractivity contribution in [1.82, 2.24) is 14.9 Å². The van der Waals surface area contributed by atoms with E-state index in [-0.39, 0.29) is 18.0 Å². The summed E-state index contributed by atoms with van der Waals surface area (Å²) >= 11 is 5.87. The second-order valence-electron chi connectivity index (χ2n) is 8.72. The van der Waals surface area contributed by atoms with E-state index in [1.54, 1.807) is 0 Å². The molecule has 0 unspecified atom stereocenters. The number of para-hydroxylation sites is 1. The highest BCUT2D eigenvalue weighted by Gasteiger charge is 2.42. The summed E-state index contributed by atoms with van der Waals surface area (Å²) in [5, 5.41) is 7.00. The number of pyridine rings is 1. The van der Waals surface area contributed by atoms with Gasteiger partial charge in [-0.15, -0.1) is 0 Å². The molecule has 0 spiro atoms. The topological polar surface area (TPSA) is 62.2 Å². The zero-order valence-electron chi connectivity index (χ0n) is 19.9. The minimum Gasteiger partial charge on any atom is -0.351 e. The van der Waals surface area contributed by atoms with Gasteiger partial charge in [0.1, 0.15) is 0 Å². The number of amides is 1. The van der Waals surface area contributed by atoms with E-state index in [2.05, 4.69) is 69.3 Å². The Labute approximate surface area is 210 Å². The average molecular weight is 482 g/mol. The van der Waals surface area contributed by atoms with Gasteiger partial charge in [-0.25, -0.2) is 0 Å². The maximum atomic E-state index is 11.5. The number of rotatable bonds is 5. The minimum absolute atomic E-state index is 0.0995. The van der Waals surface area contributed by atoms with E-state index in [1.807, 2.05) is 54.7 Å². The molecule has 1 aliphatic rings. The molecule has 1 amide bonds. The fourth-order valence-electron chi connectivity index (χ4n) is 4.92. The Balaban J connectivity index is 1.63. The minimum atomic E-state index is -0.122. The highest BCUT2D eigenvalue weighted by molar-refractivity contribution is 7.80. The normalized spacial score (nSPS) is 17.3. The Hall–Kier alpha value is -3.97. The lowest BCUT2D eigenvalue weighted by molar-refractivity contribution is -0.114. The van der Waals surface area contributed by atoms with Gasteiger partial charge >= 0.3 is 0 Å². The second kappa shape index (κ2) is 9.35. The van der Waals surface area contributed by atoms with E-state index in [4.69, 9.17) is 12.2 Å². The Kier molecular flexibility index (Phi) is 6.09. The molecule has 4 aromatic rings. The molecule has 2 aromatic carbocycles. The van der Waals surface area contributed by atoms with Crippen LogP contribution < -0.4 is 15.5 Å². The number of thiocarbonyl (C=S) groups is 1. The number of carbonyl (C=O) groups is 1. The molecule has 0 radical (unpaired) electrons. The van der Waals surface area contributed by atoms with Crippen molar-refractivity contribution in [3.05, 3.63) is 108 Å². The second-order valence-corrected chi connectivity index (χ2v) is 9.11. The van der Waals surface area contributed by atoms with Gasteiger partial charge in [-0.3, -0.25) is 9.78 Å². The number of nitrogens with one attached hydrogen (secondary N) is 2. The molecule has 1 fully saturated rings. The summed E-state index contributed by atoms with van der Waals surface area (Å²) in [6, 6.07) is 26.1. The first-order chi connectivity index (χ1) is 16.9. The molecule has 2 N–H and O–H groups in total. The monoisotopic (exact) mass is 481 g/mol. The Morgan fingerprint density at radius 1 is 0.971 bits per heavy atom. The van der Waals surface area contributed by atoms with Gasteiger partial charge in [-0.1, -0.05) is 24.3 Å². The van der Waals surface area contributed by atoms with Crippen LogP contribution >= 0.6 is 12.2 Å². The number of anilines is 2. The molecule has 3 heterocycles. The summed E-state index contributed by atoms with van der Waals surface area (Å²) in [7, 11) is 0. The van der Waals surface area contributed by atoms with Gasteiger partial charge in [-0.2, -0.15) is 0 Å². The fourth-order valence-corrected chi connectivity index (χ4v) is 5.27. The molecule has 2 atom stereocenters. The summed E-state index contributed by atoms with van der Waals surface area (Å²) in [6.07, 6.45) is 1.81. The molecule has 7 heteroatoms. The standard InChI is InChI=1S/C28H27N5OS/c1-18-17-24(19(2)32(18)22-9-5-4-6-10-22)27-26(25-11-7-8-16-29-25)31-28(35)33(27)23-14-12-21(13-15-23)30-20(3)34/h4-17,26-27H,1-3H3,(H,30,34)(H,31,35)/t26-,27-/m1/s1. The molecule has 6 nitrogen and oxygen atoms in total. The molecular formula is C28H27N5OS. The maximum absolute atomic E-state index is 11.5. The molecule has 1 saturated heterocycles. The van der Waals surface area contributed by atoms with Crippen LogP contribution in [-0.4, -0.2) is 20.6 Å². The van der Waals surface area contributed by atoms with Gasteiger partial charge < -0.3 is 20.1 Å². The van der Waals surface area contributed by atoms with Gasteiger partial charge in [-0.05, 0) is 86.2 Å². The number of benzene rings is 2. The number of hydrogen-bond acceptors (Lipinski definition) is 3. The molecule has 0 bridgehead atoms. The molecule has 0 aliphatic carbocycles. The molecule has 5 rings (SSSR count). The summed E-state index contributed by atoms with van der Waals surface area (Å²) in [5.74, 6) is -0.0995. The molecular weight excluding hydrogens is 454 g/mol. The summed E-state index contributed by atoms with van der Waals surface area (Å²) in [6.45, 7) is 5.79. The lowest BCUT2D eigenvalue weighted by atomic mass is 9.96. The van der Waals surface area contributed by atoms with Gasteiger partial charge in [0.15, 0.2) is 5.11 Å². The van der Waals surface area contributed by atoms with Crippen LogP contribution in [0.4, 0.5) is 11.4 Å². The van der Waals surface area contributed by atoms with Crippen molar-refractivity contribution in [1.29, 1.82) is 0 Å². The number of nitrogens with zero attached hydrogens (tertiary/aromatic N) is 3. The van der Waals surface area contributed by atoms with Crippen molar-refractivity contribution in [3.8, 4) is 5.69 Å². The van der Waals surface area contributed by atoms with Crippen LogP contribution in [0.1, 0.15) is 41.7 Å². The highest BCUT2D eigenvalue weighted by atomic mass is 32.1. The van der Waals surface area contributed by atoms with Crippen LogP contribution in [0, 0.1) is 13.8 Å². The van der Waals surface area contributed by atoms with Gasteiger partial charge in [0, 0.05) is 41.6 Å². The Morgan fingerprint density at radius 3 is 2.34 bits per heavy atom. The summed E-state index contributed by atoms with van der Waals surface area (Å²) in [5.41, 5.74) is 7.25. The predicted molar refractivity (Wildman–Crippen MR) is 144 cm³/mol. The maximum Gasteiger partial charge on any atom is 0.221 e.